The number of likely N-dealkylation sites (tertiary alicyclic amines) is 1. The van der Waals surface area contributed by atoms with E-state index in [0.29, 0.717) is 18.5 Å². The molecule has 1 amide bonds. The molecule has 0 aromatic carbocycles. The standard InChI is InChI=1S/C16H25N3O3/c1-16(2,3)22-15(20)19-10-4-6-13(12-19)7-11-21-14-17-8-5-9-18-14/h5,8-9,13H,4,6-7,10-12H2,1-3H3/t13-/m1/s1. The summed E-state index contributed by atoms with van der Waals surface area (Å²) >= 11 is 0. The molecule has 0 bridgehead atoms. The summed E-state index contributed by atoms with van der Waals surface area (Å²) in [4.78, 5) is 22.0. The summed E-state index contributed by atoms with van der Waals surface area (Å²) in [5, 5.41) is 0. The van der Waals surface area contributed by atoms with Crippen LogP contribution < -0.4 is 4.74 Å². The van der Waals surface area contributed by atoms with Crippen LogP contribution in [0.15, 0.2) is 18.5 Å². The first-order valence-electron chi connectivity index (χ1n) is 7.82. The fourth-order valence-corrected chi connectivity index (χ4v) is 2.47. The third-order valence-corrected chi connectivity index (χ3v) is 3.47. The Morgan fingerprint density at radius 3 is 2.77 bits per heavy atom. The van der Waals surface area contributed by atoms with E-state index < -0.39 is 5.60 Å². The molecule has 1 fully saturated rings. The average molecular weight is 307 g/mol. The number of piperidine rings is 1. The minimum Gasteiger partial charge on any atom is -0.463 e. The Hall–Kier alpha value is -1.85. The molecule has 0 saturated carbocycles. The molecule has 0 N–H and O–H groups in total. The Labute approximate surface area is 131 Å². The monoisotopic (exact) mass is 307 g/mol. The lowest BCUT2D eigenvalue weighted by Crippen LogP contribution is -2.43. The molecule has 6 heteroatoms. The van der Waals surface area contributed by atoms with Crippen LogP contribution in [0, 0.1) is 5.92 Å². The van der Waals surface area contributed by atoms with Crippen molar-refractivity contribution in [2.75, 3.05) is 19.7 Å². The lowest BCUT2D eigenvalue weighted by Gasteiger charge is -2.34. The van der Waals surface area contributed by atoms with E-state index in [0.717, 1.165) is 32.4 Å². The van der Waals surface area contributed by atoms with Gasteiger partial charge in [-0.15, -0.1) is 0 Å². The Morgan fingerprint density at radius 2 is 2.09 bits per heavy atom. The molecule has 2 rings (SSSR count). The first-order chi connectivity index (χ1) is 10.4. The largest absolute Gasteiger partial charge is 0.463 e. The van der Waals surface area contributed by atoms with Crippen molar-refractivity contribution in [3.05, 3.63) is 18.5 Å². The molecule has 1 saturated heterocycles. The molecule has 1 aromatic heterocycles. The van der Waals surface area contributed by atoms with Gasteiger partial charge in [-0.1, -0.05) is 0 Å². The molecule has 0 radical (unpaired) electrons. The second kappa shape index (κ2) is 7.42. The lowest BCUT2D eigenvalue weighted by atomic mass is 9.95. The number of carbonyl (C=O) groups excluding carboxylic acids is 1. The maximum atomic E-state index is 12.1. The molecule has 22 heavy (non-hydrogen) atoms. The topological polar surface area (TPSA) is 64.5 Å². The van der Waals surface area contributed by atoms with Gasteiger partial charge in [-0.05, 0) is 52.0 Å². The van der Waals surface area contributed by atoms with Gasteiger partial charge in [0.05, 0.1) is 6.61 Å². The minimum atomic E-state index is -0.447. The first-order valence-corrected chi connectivity index (χ1v) is 7.82. The van der Waals surface area contributed by atoms with Gasteiger partial charge in [-0.2, -0.15) is 0 Å². The highest BCUT2D eigenvalue weighted by Crippen LogP contribution is 2.21. The summed E-state index contributed by atoms with van der Waals surface area (Å²) in [7, 11) is 0. The minimum absolute atomic E-state index is 0.218. The van der Waals surface area contributed by atoms with E-state index in [1.165, 1.54) is 0 Å². The zero-order valence-corrected chi connectivity index (χ0v) is 13.6. The van der Waals surface area contributed by atoms with Crippen LogP contribution in [0.1, 0.15) is 40.0 Å². The molecule has 0 unspecified atom stereocenters. The summed E-state index contributed by atoms with van der Waals surface area (Å²) in [6.07, 6.45) is 6.10. The summed E-state index contributed by atoms with van der Waals surface area (Å²) in [6, 6.07) is 2.16. The van der Waals surface area contributed by atoms with Crippen LogP contribution in [-0.4, -0.2) is 46.3 Å². The summed E-state index contributed by atoms with van der Waals surface area (Å²) in [5.74, 6) is 0.435. The third kappa shape index (κ3) is 5.50. The quantitative estimate of drug-likeness (QED) is 0.855. The van der Waals surface area contributed by atoms with Crippen molar-refractivity contribution >= 4 is 6.09 Å². The molecule has 1 aromatic rings. The van der Waals surface area contributed by atoms with Gasteiger partial charge in [0.2, 0.25) is 0 Å². The Balaban J connectivity index is 1.75. The van der Waals surface area contributed by atoms with Gasteiger partial charge < -0.3 is 14.4 Å². The smallest absolute Gasteiger partial charge is 0.410 e. The van der Waals surface area contributed by atoms with Crippen LogP contribution in [0.25, 0.3) is 0 Å². The van der Waals surface area contributed by atoms with Crippen molar-refractivity contribution in [3.8, 4) is 6.01 Å². The molecule has 2 heterocycles. The van der Waals surface area contributed by atoms with Crippen LogP contribution in [0.4, 0.5) is 4.79 Å². The van der Waals surface area contributed by atoms with Crippen LogP contribution in [0.5, 0.6) is 6.01 Å². The van der Waals surface area contributed by atoms with E-state index in [9.17, 15) is 4.79 Å². The SMILES string of the molecule is CC(C)(C)OC(=O)N1CCC[C@H](CCOc2ncccn2)C1. The van der Waals surface area contributed by atoms with Crippen molar-refractivity contribution in [2.45, 2.75) is 45.6 Å². The fraction of sp³-hybridized carbons (Fsp3) is 0.688. The number of nitrogens with zero attached hydrogens (tertiary/aromatic N) is 3. The van der Waals surface area contributed by atoms with Gasteiger partial charge in [0.15, 0.2) is 0 Å². The van der Waals surface area contributed by atoms with Gasteiger partial charge >= 0.3 is 12.1 Å². The number of carbonyl (C=O) groups is 1. The molecule has 1 aliphatic rings. The average Bonchev–Trinajstić information content (AvgIpc) is 2.47. The van der Waals surface area contributed by atoms with E-state index >= 15 is 0 Å². The molecule has 1 aliphatic heterocycles. The lowest BCUT2D eigenvalue weighted by molar-refractivity contribution is 0.0154. The molecular formula is C16H25N3O3. The molecule has 0 aliphatic carbocycles. The van der Waals surface area contributed by atoms with Gasteiger partial charge in [-0.25, -0.2) is 14.8 Å². The van der Waals surface area contributed by atoms with Crippen molar-refractivity contribution < 1.29 is 14.3 Å². The number of rotatable bonds is 4. The molecule has 1 atom stereocenters. The number of hydrogen-bond donors (Lipinski definition) is 0. The summed E-state index contributed by atoms with van der Waals surface area (Å²) in [6.45, 7) is 7.74. The van der Waals surface area contributed by atoms with E-state index in [1.807, 2.05) is 20.8 Å². The van der Waals surface area contributed by atoms with Crippen LogP contribution in [0.2, 0.25) is 0 Å². The van der Waals surface area contributed by atoms with Crippen LogP contribution in [-0.2, 0) is 4.74 Å². The molecular weight excluding hydrogens is 282 g/mol. The number of hydrogen-bond acceptors (Lipinski definition) is 5. The van der Waals surface area contributed by atoms with Crippen LogP contribution >= 0.6 is 0 Å². The second-order valence-electron chi connectivity index (χ2n) is 6.60. The molecule has 122 valence electrons. The highest BCUT2D eigenvalue weighted by Gasteiger charge is 2.27. The van der Waals surface area contributed by atoms with E-state index in [-0.39, 0.29) is 6.09 Å². The predicted molar refractivity (Wildman–Crippen MR) is 82.7 cm³/mol. The van der Waals surface area contributed by atoms with Crippen LogP contribution in [0.3, 0.4) is 0 Å². The highest BCUT2D eigenvalue weighted by molar-refractivity contribution is 5.68. The van der Waals surface area contributed by atoms with Gasteiger partial charge in [-0.3, -0.25) is 0 Å². The normalized spacial score (nSPS) is 18.9. The zero-order chi connectivity index (χ0) is 16.0. The van der Waals surface area contributed by atoms with E-state index in [2.05, 4.69) is 9.97 Å². The Kier molecular flexibility index (Phi) is 5.57. The third-order valence-electron chi connectivity index (χ3n) is 3.47. The summed E-state index contributed by atoms with van der Waals surface area (Å²) < 4.78 is 11.0. The number of ether oxygens (including phenoxy) is 2. The first kappa shape index (κ1) is 16.5. The van der Waals surface area contributed by atoms with Gasteiger partial charge in [0, 0.05) is 25.5 Å². The van der Waals surface area contributed by atoms with Crippen molar-refractivity contribution in [2.24, 2.45) is 5.92 Å². The van der Waals surface area contributed by atoms with E-state index in [4.69, 9.17) is 9.47 Å². The van der Waals surface area contributed by atoms with Crippen molar-refractivity contribution in [1.29, 1.82) is 0 Å². The zero-order valence-electron chi connectivity index (χ0n) is 13.6. The molecule has 0 spiro atoms. The predicted octanol–water partition coefficient (Wildman–Crippen LogP) is 2.89. The maximum absolute atomic E-state index is 12.1. The number of amides is 1. The van der Waals surface area contributed by atoms with Gasteiger partial charge in [0.1, 0.15) is 5.60 Å². The van der Waals surface area contributed by atoms with Crippen molar-refractivity contribution in [3.63, 3.8) is 0 Å². The highest BCUT2D eigenvalue weighted by atomic mass is 16.6. The fourth-order valence-electron chi connectivity index (χ4n) is 2.47. The maximum Gasteiger partial charge on any atom is 0.410 e. The summed E-state index contributed by atoms with van der Waals surface area (Å²) in [5.41, 5.74) is -0.447. The second-order valence-corrected chi connectivity index (χ2v) is 6.60. The molecule has 6 nitrogen and oxygen atoms in total. The van der Waals surface area contributed by atoms with E-state index in [1.54, 1.807) is 23.4 Å². The Morgan fingerprint density at radius 1 is 1.36 bits per heavy atom. The number of aromatic nitrogens is 2. The van der Waals surface area contributed by atoms with Gasteiger partial charge in [0.25, 0.3) is 0 Å². The van der Waals surface area contributed by atoms with Crippen molar-refractivity contribution in [1.82, 2.24) is 14.9 Å². The Bertz CT molecular complexity index is 473.